The second-order valence-corrected chi connectivity index (χ2v) is 3.90. The largest absolute Gasteiger partial charge is 0.497 e. The van der Waals surface area contributed by atoms with Crippen LogP contribution in [0.5, 0.6) is 5.75 Å². The minimum Gasteiger partial charge on any atom is -0.497 e. The van der Waals surface area contributed by atoms with Crippen LogP contribution in [0.4, 0.5) is 0 Å². The molecule has 0 bridgehead atoms. The molecule has 2 rings (SSSR count). The minimum atomic E-state index is -0.230. The summed E-state index contributed by atoms with van der Waals surface area (Å²) < 4.78 is 5.09. The van der Waals surface area contributed by atoms with Gasteiger partial charge < -0.3 is 9.84 Å². The van der Waals surface area contributed by atoms with Crippen molar-refractivity contribution in [2.45, 2.75) is 25.4 Å². The Morgan fingerprint density at radius 3 is 2.60 bits per heavy atom. The van der Waals surface area contributed by atoms with Gasteiger partial charge in [0.2, 0.25) is 0 Å². The minimum absolute atomic E-state index is 0.230. The fourth-order valence-electron chi connectivity index (χ4n) is 1.93. The molecule has 80 valence electrons. The van der Waals surface area contributed by atoms with Gasteiger partial charge >= 0.3 is 0 Å². The van der Waals surface area contributed by atoms with Gasteiger partial charge in [-0.2, -0.15) is 0 Å². The lowest BCUT2D eigenvalue weighted by Crippen LogP contribution is -2.00. The Morgan fingerprint density at radius 2 is 2.07 bits per heavy atom. The first-order valence-corrected chi connectivity index (χ1v) is 5.32. The topological polar surface area (TPSA) is 29.5 Å². The van der Waals surface area contributed by atoms with E-state index in [-0.39, 0.29) is 6.10 Å². The van der Waals surface area contributed by atoms with Gasteiger partial charge in [-0.3, -0.25) is 0 Å². The SMILES string of the molecule is COc1ccc(/C=C2\CCC[C@@H]2O)cc1. The molecule has 2 heteroatoms. The van der Waals surface area contributed by atoms with E-state index in [9.17, 15) is 5.11 Å². The van der Waals surface area contributed by atoms with Crippen LogP contribution in [-0.2, 0) is 0 Å². The molecule has 1 atom stereocenters. The van der Waals surface area contributed by atoms with Crippen LogP contribution in [0.15, 0.2) is 29.8 Å². The molecule has 1 aromatic carbocycles. The van der Waals surface area contributed by atoms with Crippen molar-refractivity contribution in [2.75, 3.05) is 7.11 Å². The molecule has 0 amide bonds. The smallest absolute Gasteiger partial charge is 0.118 e. The van der Waals surface area contributed by atoms with Crippen LogP contribution < -0.4 is 4.74 Å². The molecule has 0 spiro atoms. The lowest BCUT2D eigenvalue weighted by molar-refractivity contribution is 0.219. The molecule has 1 N–H and O–H groups in total. The number of aliphatic hydroxyl groups excluding tert-OH is 1. The fraction of sp³-hybridized carbons (Fsp3) is 0.385. The molecule has 1 aromatic rings. The van der Waals surface area contributed by atoms with Crippen LogP contribution in [0, 0.1) is 0 Å². The second kappa shape index (κ2) is 4.49. The lowest BCUT2D eigenvalue weighted by atomic mass is 10.1. The zero-order valence-corrected chi connectivity index (χ0v) is 8.94. The molecule has 0 heterocycles. The highest BCUT2D eigenvalue weighted by Crippen LogP contribution is 2.27. The van der Waals surface area contributed by atoms with E-state index in [1.165, 1.54) is 0 Å². The molecule has 0 saturated heterocycles. The molecule has 1 fully saturated rings. The van der Waals surface area contributed by atoms with Gasteiger partial charge in [0.1, 0.15) is 5.75 Å². The van der Waals surface area contributed by atoms with Crippen molar-refractivity contribution in [3.63, 3.8) is 0 Å². The highest BCUT2D eigenvalue weighted by Gasteiger charge is 2.17. The Labute approximate surface area is 90.2 Å². The first-order chi connectivity index (χ1) is 7.29. The summed E-state index contributed by atoms with van der Waals surface area (Å²) in [4.78, 5) is 0. The average Bonchev–Trinajstić information content (AvgIpc) is 2.66. The number of methoxy groups -OCH3 is 1. The summed E-state index contributed by atoms with van der Waals surface area (Å²) in [5.41, 5.74) is 2.28. The predicted molar refractivity (Wildman–Crippen MR) is 60.8 cm³/mol. The van der Waals surface area contributed by atoms with Crippen molar-refractivity contribution < 1.29 is 9.84 Å². The van der Waals surface area contributed by atoms with Gasteiger partial charge in [-0.25, -0.2) is 0 Å². The van der Waals surface area contributed by atoms with E-state index in [0.29, 0.717) is 0 Å². The molecule has 1 aliphatic carbocycles. The number of aliphatic hydroxyl groups is 1. The Balaban J connectivity index is 2.16. The highest BCUT2D eigenvalue weighted by atomic mass is 16.5. The lowest BCUT2D eigenvalue weighted by Gasteiger charge is -2.04. The average molecular weight is 204 g/mol. The Hall–Kier alpha value is -1.28. The van der Waals surface area contributed by atoms with Gasteiger partial charge in [-0.1, -0.05) is 18.2 Å². The summed E-state index contributed by atoms with van der Waals surface area (Å²) in [5, 5.41) is 9.66. The van der Waals surface area contributed by atoms with E-state index in [1.54, 1.807) is 7.11 Å². The van der Waals surface area contributed by atoms with Crippen molar-refractivity contribution in [2.24, 2.45) is 0 Å². The molecule has 2 nitrogen and oxygen atoms in total. The number of hydrogen-bond acceptors (Lipinski definition) is 2. The second-order valence-electron chi connectivity index (χ2n) is 3.90. The van der Waals surface area contributed by atoms with Crippen LogP contribution in [-0.4, -0.2) is 18.3 Å². The van der Waals surface area contributed by atoms with Gasteiger partial charge in [0.05, 0.1) is 13.2 Å². The van der Waals surface area contributed by atoms with E-state index in [4.69, 9.17) is 4.74 Å². The zero-order chi connectivity index (χ0) is 10.7. The molecule has 15 heavy (non-hydrogen) atoms. The van der Waals surface area contributed by atoms with Crippen molar-refractivity contribution in [3.8, 4) is 5.75 Å². The quantitative estimate of drug-likeness (QED) is 0.802. The van der Waals surface area contributed by atoms with Crippen LogP contribution in [0.25, 0.3) is 6.08 Å². The molecule has 0 radical (unpaired) electrons. The number of rotatable bonds is 2. The summed E-state index contributed by atoms with van der Waals surface area (Å²) in [5.74, 6) is 0.865. The molecule has 0 aliphatic heterocycles. The van der Waals surface area contributed by atoms with Gasteiger partial charge in [0.15, 0.2) is 0 Å². The van der Waals surface area contributed by atoms with Crippen LogP contribution in [0.3, 0.4) is 0 Å². The zero-order valence-electron chi connectivity index (χ0n) is 8.94. The van der Waals surface area contributed by atoms with Crippen molar-refractivity contribution in [1.29, 1.82) is 0 Å². The van der Waals surface area contributed by atoms with E-state index >= 15 is 0 Å². The molecule has 1 aliphatic rings. The normalized spacial score (nSPS) is 23.3. The van der Waals surface area contributed by atoms with E-state index in [0.717, 1.165) is 36.1 Å². The first kappa shape index (κ1) is 10.2. The maximum absolute atomic E-state index is 9.66. The third kappa shape index (κ3) is 2.39. The van der Waals surface area contributed by atoms with Gasteiger partial charge in [-0.05, 0) is 42.5 Å². The molecule has 0 aromatic heterocycles. The van der Waals surface area contributed by atoms with Gasteiger partial charge in [-0.15, -0.1) is 0 Å². The summed E-state index contributed by atoms with van der Waals surface area (Å²) in [6.45, 7) is 0. The summed E-state index contributed by atoms with van der Waals surface area (Å²) >= 11 is 0. The third-order valence-electron chi connectivity index (χ3n) is 2.84. The van der Waals surface area contributed by atoms with E-state index < -0.39 is 0 Å². The number of ether oxygens (including phenoxy) is 1. The number of benzene rings is 1. The fourth-order valence-corrected chi connectivity index (χ4v) is 1.93. The van der Waals surface area contributed by atoms with Gasteiger partial charge in [0.25, 0.3) is 0 Å². The van der Waals surface area contributed by atoms with Crippen molar-refractivity contribution >= 4 is 6.08 Å². The monoisotopic (exact) mass is 204 g/mol. The van der Waals surface area contributed by atoms with E-state index in [2.05, 4.69) is 6.08 Å². The highest BCUT2D eigenvalue weighted by molar-refractivity contribution is 5.55. The Bertz CT molecular complexity index is 351. The first-order valence-electron chi connectivity index (χ1n) is 5.32. The Kier molecular flexibility index (Phi) is 3.07. The maximum atomic E-state index is 9.66. The van der Waals surface area contributed by atoms with Crippen molar-refractivity contribution in [3.05, 3.63) is 35.4 Å². The predicted octanol–water partition coefficient (Wildman–Crippen LogP) is 2.62. The molecular formula is C13H16O2. The molecule has 1 saturated carbocycles. The van der Waals surface area contributed by atoms with Gasteiger partial charge in [0, 0.05) is 0 Å². The summed E-state index contributed by atoms with van der Waals surface area (Å²) in [7, 11) is 1.66. The third-order valence-corrected chi connectivity index (χ3v) is 2.84. The van der Waals surface area contributed by atoms with Crippen LogP contribution in [0.2, 0.25) is 0 Å². The van der Waals surface area contributed by atoms with E-state index in [1.807, 2.05) is 24.3 Å². The summed E-state index contributed by atoms with van der Waals surface area (Å²) in [6, 6.07) is 7.90. The molecule has 0 unspecified atom stereocenters. The number of hydrogen-bond donors (Lipinski definition) is 1. The summed E-state index contributed by atoms with van der Waals surface area (Å²) in [6.07, 6.45) is 4.88. The standard InChI is InChI=1S/C13H16O2/c1-15-12-7-5-10(6-8-12)9-11-3-2-4-13(11)14/h5-9,13-14H,2-4H2,1H3/b11-9+/t13-/m0/s1. The Morgan fingerprint density at radius 1 is 1.33 bits per heavy atom. The van der Waals surface area contributed by atoms with Crippen LogP contribution >= 0.6 is 0 Å². The van der Waals surface area contributed by atoms with Crippen LogP contribution in [0.1, 0.15) is 24.8 Å². The molecular weight excluding hydrogens is 188 g/mol. The van der Waals surface area contributed by atoms with Crippen molar-refractivity contribution in [1.82, 2.24) is 0 Å². The maximum Gasteiger partial charge on any atom is 0.118 e.